The van der Waals surface area contributed by atoms with Crippen LogP contribution in [0.3, 0.4) is 0 Å². The maximum atomic E-state index is 11.9. The van der Waals surface area contributed by atoms with Gasteiger partial charge >= 0.3 is 5.97 Å². The number of rotatable bonds is 6. The molecule has 0 aromatic heterocycles. The third kappa shape index (κ3) is 6.14. The van der Waals surface area contributed by atoms with E-state index in [2.05, 4.69) is 45.5 Å². The Morgan fingerprint density at radius 1 is 1.21 bits per heavy atom. The summed E-state index contributed by atoms with van der Waals surface area (Å²) < 4.78 is 4.94. The van der Waals surface area contributed by atoms with Crippen molar-refractivity contribution in [3.8, 4) is 5.75 Å². The zero-order valence-electron chi connectivity index (χ0n) is 12.6. The fourth-order valence-corrected chi connectivity index (χ4v) is 1.65. The van der Waals surface area contributed by atoms with Crippen LogP contribution in [0.25, 0.3) is 0 Å². The molecule has 0 aliphatic heterocycles. The highest BCUT2D eigenvalue weighted by molar-refractivity contribution is 7.80. The maximum Gasteiger partial charge on any atom is 0.338 e. The molecule has 0 atom stereocenters. The van der Waals surface area contributed by atoms with Crippen molar-refractivity contribution in [2.75, 3.05) is 6.61 Å². The summed E-state index contributed by atoms with van der Waals surface area (Å²) in [5.41, 5.74) is 15.8. The SMILES string of the molecule is CCOC(=O)c1cc(/C=N\NC(N)=S)c(O)c(/C=N\NC(N)=S)c1. The van der Waals surface area contributed by atoms with Gasteiger partial charge in [0.2, 0.25) is 0 Å². The summed E-state index contributed by atoms with van der Waals surface area (Å²) in [4.78, 5) is 11.9. The van der Waals surface area contributed by atoms with Crippen molar-refractivity contribution < 1.29 is 14.6 Å². The number of carbonyl (C=O) groups excluding carboxylic acids is 1. The van der Waals surface area contributed by atoms with Gasteiger partial charge in [0.1, 0.15) is 5.75 Å². The number of aromatic hydroxyl groups is 1. The van der Waals surface area contributed by atoms with Gasteiger partial charge in [-0.15, -0.1) is 0 Å². The number of phenolic OH excluding ortho intramolecular Hbond substituents is 1. The Morgan fingerprint density at radius 3 is 2.04 bits per heavy atom. The summed E-state index contributed by atoms with van der Waals surface area (Å²) in [5, 5.41) is 17.6. The molecule has 11 heteroatoms. The van der Waals surface area contributed by atoms with E-state index in [9.17, 15) is 9.90 Å². The Bertz CT molecular complexity index is 658. The first-order valence-electron chi connectivity index (χ1n) is 6.56. The molecule has 0 saturated carbocycles. The van der Waals surface area contributed by atoms with Gasteiger partial charge in [0, 0.05) is 11.1 Å². The van der Waals surface area contributed by atoms with Crippen molar-refractivity contribution >= 4 is 53.1 Å². The second kappa shape index (κ2) is 9.37. The molecule has 7 N–H and O–H groups in total. The van der Waals surface area contributed by atoms with Crippen molar-refractivity contribution in [1.82, 2.24) is 10.9 Å². The van der Waals surface area contributed by atoms with Crippen LogP contribution in [-0.4, -0.2) is 40.3 Å². The predicted octanol–water partition coefficient (Wildman–Crippen LogP) is -0.0969. The highest BCUT2D eigenvalue weighted by Gasteiger charge is 2.13. The quantitative estimate of drug-likeness (QED) is 0.201. The van der Waals surface area contributed by atoms with Gasteiger partial charge in [0.15, 0.2) is 10.2 Å². The summed E-state index contributed by atoms with van der Waals surface area (Å²) in [7, 11) is 0. The lowest BCUT2D eigenvalue weighted by molar-refractivity contribution is 0.0526. The Kier molecular flexibility index (Phi) is 7.52. The van der Waals surface area contributed by atoms with E-state index in [-0.39, 0.29) is 39.3 Å². The van der Waals surface area contributed by atoms with Crippen LogP contribution >= 0.6 is 24.4 Å². The monoisotopic (exact) mass is 368 g/mol. The van der Waals surface area contributed by atoms with Crippen LogP contribution in [0, 0.1) is 0 Å². The second-order valence-corrected chi connectivity index (χ2v) is 5.07. The largest absolute Gasteiger partial charge is 0.507 e. The molecule has 0 unspecified atom stereocenters. The Morgan fingerprint density at radius 2 is 1.67 bits per heavy atom. The Balaban J connectivity index is 3.24. The van der Waals surface area contributed by atoms with Gasteiger partial charge in [-0.2, -0.15) is 10.2 Å². The van der Waals surface area contributed by atoms with Crippen LogP contribution in [0.15, 0.2) is 22.3 Å². The van der Waals surface area contributed by atoms with Gasteiger partial charge in [0.25, 0.3) is 0 Å². The first kappa shape index (κ1) is 19.3. The number of benzene rings is 1. The molecular formula is C13H16N6O3S2. The van der Waals surface area contributed by atoms with Crippen LogP contribution in [-0.2, 0) is 4.74 Å². The number of ether oxygens (including phenoxy) is 1. The first-order chi connectivity index (χ1) is 11.3. The summed E-state index contributed by atoms with van der Waals surface area (Å²) in [5.74, 6) is -0.739. The lowest BCUT2D eigenvalue weighted by Gasteiger charge is -2.08. The first-order valence-corrected chi connectivity index (χ1v) is 7.38. The number of thiocarbonyl (C=S) groups is 2. The normalized spacial score (nSPS) is 10.7. The number of hydrazone groups is 2. The third-order valence-corrected chi connectivity index (χ3v) is 2.62. The average Bonchev–Trinajstić information content (AvgIpc) is 2.49. The number of phenols is 1. The summed E-state index contributed by atoms with van der Waals surface area (Å²) in [6.45, 7) is 1.89. The molecule has 1 aromatic carbocycles. The number of esters is 1. The summed E-state index contributed by atoms with van der Waals surface area (Å²) in [6, 6.07) is 2.80. The van der Waals surface area contributed by atoms with Crippen molar-refractivity contribution in [2.45, 2.75) is 6.92 Å². The van der Waals surface area contributed by atoms with E-state index in [0.717, 1.165) is 0 Å². The molecule has 0 saturated heterocycles. The van der Waals surface area contributed by atoms with Crippen LogP contribution in [0.2, 0.25) is 0 Å². The fourth-order valence-electron chi connectivity index (χ4n) is 1.54. The van der Waals surface area contributed by atoms with Crippen molar-refractivity contribution in [1.29, 1.82) is 0 Å². The van der Waals surface area contributed by atoms with Gasteiger partial charge in [-0.1, -0.05) is 0 Å². The molecule has 24 heavy (non-hydrogen) atoms. The van der Waals surface area contributed by atoms with E-state index < -0.39 is 5.97 Å². The highest BCUT2D eigenvalue weighted by Crippen LogP contribution is 2.22. The minimum Gasteiger partial charge on any atom is -0.507 e. The molecule has 0 aliphatic rings. The number of hydrogen-bond donors (Lipinski definition) is 5. The average molecular weight is 368 g/mol. The van der Waals surface area contributed by atoms with Gasteiger partial charge < -0.3 is 21.3 Å². The topological polar surface area (TPSA) is 147 Å². The lowest BCUT2D eigenvalue weighted by Crippen LogP contribution is -2.24. The minimum absolute atomic E-state index is 0.0465. The molecule has 9 nitrogen and oxygen atoms in total. The van der Waals surface area contributed by atoms with E-state index in [1.807, 2.05) is 0 Å². The molecule has 0 fully saturated rings. The molecular weight excluding hydrogens is 352 g/mol. The number of hydrogen-bond acceptors (Lipinski definition) is 7. The van der Waals surface area contributed by atoms with E-state index in [0.29, 0.717) is 0 Å². The zero-order chi connectivity index (χ0) is 18.1. The van der Waals surface area contributed by atoms with Crippen molar-refractivity contribution in [3.05, 3.63) is 28.8 Å². The van der Waals surface area contributed by atoms with Gasteiger partial charge in [0.05, 0.1) is 24.6 Å². The van der Waals surface area contributed by atoms with E-state index in [4.69, 9.17) is 16.2 Å². The van der Waals surface area contributed by atoms with Gasteiger partial charge in [-0.3, -0.25) is 10.9 Å². The Labute approximate surface area is 148 Å². The number of nitrogens with zero attached hydrogens (tertiary/aromatic N) is 2. The molecule has 1 aromatic rings. The van der Waals surface area contributed by atoms with Crippen molar-refractivity contribution in [2.24, 2.45) is 21.7 Å². The molecule has 0 aliphatic carbocycles. The van der Waals surface area contributed by atoms with Crippen molar-refractivity contribution in [3.63, 3.8) is 0 Å². The number of nitrogens with one attached hydrogen (secondary N) is 2. The van der Waals surface area contributed by atoms with E-state index in [1.165, 1.54) is 24.6 Å². The Hall–Kier alpha value is -2.79. The van der Waals surface area contributed by atoms with E-state index in [1.54, 1.807) is 6.92 Å². The molecule has 128 valence electrons. The highest BCUT2D eigenvalue weighted by atomic mass is 32.1. The molecule has 0 amide bonds. The molecule has 0 radical (unpaired) electrons. The van der Waals surface area contributed by atoms with Crippen LogP contribution in [0.4, 0.5) is 0 Å². The third-order valence-electron chi connectivity index (χ3n) is 2.44. The maximum absolute atomic E-state index is 11.9. The summed E-state index contributed by atoms with van der Waals surface area (Å²) >= 11 is 9.23. The standard InChI is InChI=1S/C13H16N6O3S2/c1-2-22-11(21)7-3-8(5-16-18-12(14)23)10(20)9(4-7)6-17-19-13(15)24/h3-6,20H,2H2,1H3,(H3,14,18,23)(H3,15,19,24)/b16-5-,17-6-. The molecule has 1 rings (SSSR count). The lowest BCUT2D eigenvalue weighted by atomic mass is 10.0. The number of carbonyl (C=O) groups is 1. The van der Waals surface area contributed by atoms with E-state index >= 15 is 0 Å². The predicted molar refractivity (Wildman–Crippen MR) is 99.1 cm³/mol. The second-order valence-electron chi connectivity index (χ2n) is 4.19. The van der Waals surface area contributed by atoms with Gasteiger partial charge in [-0.25, -0.2) is 4.79 Å². The zero-order valence-corrected chi connectivity index (χ0v) is 14.3. The van der Waals surface area contributed by atoms with Crippen LogP contribution in [0.1, 0.15) is 28.4 Å². The molecule has 0 heterocycles. The van der Waals surface area contributed by atoms with Crippen LogP contribution < -0.4 is 22.3 Å². The van der Waals surface area contributed by atoms with Gasteiger partial charge in [-0.05, 0) is 43.5 Å². The minimum atomic E-state index is -0.564. The number of nitrogens with two attached hydrogens (primary N) is 2. The fraction of sp³-hybridized carbons (Fsp3) is 0.154. The van der Waals surface area contributed by atoms with Crippen LogP contribution in [0.5, 0.6) is 5.75 Å². The smallest absolute Gasteiger partial charge is 0.338 e. The molecule has 0 spiro atoms. The molecule has 0 bridgehead atoms. The summed E-state index contributed by atoms with van der Waals surface area (Å²) in [6.07, 6.45) is 2.49.